The molecule has 2 aromatic heterocycles. The number of aromatic nitrogens is 2. The number of piperidine rings is 1. The molecule has 25 heavy (non-hydrogen) atoms. The van der Waals surface area contributed by atoms with E-state index in [0.717, 1.165) is 43.7 Å². The number of thiophene rings is 1. The highest BCUT2D eigenvalue weighted by Crippen LogP contribution is 2.28. The number of nitrogens with zero attached hydrogens (tertiary/aromatic N) is 3. The van der Waals surface area contributed by atoms with Gasteiger partial charge in [0.15, 0.2) is 5.16 Å². The van der Waals surface area contributed by atoms with Gasteiger partial charge in [0.2, 0.25) is 15.7 Å². The van der Waals surface area contributed by atoms with Gasteiger partial charge < -0.3 is 10.6 Å². The number of carbonyl (C=O) groups is 1. The fourth-order valence-corrected chi connectivity index (χ4v) is 5.63. The summed E-state index contributed by atoms with van der Waals surface area (Å²) in [6.07, 6.45) is 4.45. The number of amides is 1. The van der Waals surface area contributed by atoms with E-state index in [2.05, 4.69) is 9.97 Å². The molecule has 0 aliphatic carbocycles. The maximum atomic E-state index is 12.5. The molecular formula is C15H18N4O3S3. The maximum absolute atomic E-state index is 12.5. The van der Waals surface area contributed by atoms with Crippen LogP contribution in [0.3, 0.4) is 0 Å². The highest BCUT2D eigenvalue weighted by atomic mass is 32.2. The van der Waals surface area contributed by atoms with Crippen molar-refractivity contribution >= 4 is 44.7 Å². The van der Waals surface area contributed by atoms with E-state index in [-0.39, 0.29) is 26.6 Å². The van der Waals surface area contributed by atoms with Crippen LogP contribution in [0, 0.1) is 0 Å². The number of hydrogen-bond donors (Lipinski definition) is 1. The van der Waals surface area contributed by atoms with Gasteiger partial charge in [-0.05, 0) is 30.7 Å². The molecule has 7 nitrogen and oxygen atoms in total. The Bertz CT molecular complexity index is 847. The van der Waals surface area contributed by atoms with Crippen LogP contribution >= 0.6 is 23.1 Å². The number of thioether (sulfide) groups is 1. The van der Waals surface area contributed by atoms with Gasteiger partial charge in [-0.15, -0.1) is 11.3 Å². The number of sulfone groups is 1. The van der Waals surface area contributed by atoms with Gasteiger partial charge in [-0.3, -0.25) is 4.79 Å². The highest BCUT2D eigenvalue weighted by molar-refractivity contribution is 7.99. The molecule has 0 unspecified atom stereocenters. The summed E-state index contributed by atoms with van der Waals surface area (Å²) in [5.74, 6) is 0.162. The first-order chi connectivity index (χ1) is 12.0. The number of rotatable bonds is 5. The summed E-state index contributed by atoms with van der Waals surface area (Å²) < 4.78 is 25.2. The van der Waals surface area contributed by atoms with Crippen LogP contribution in [0.1, 0.15) is 19.3 Å². The van der Waals surface area contributed by atoms with Crippen molar-refractivity contribution < 1.29 is 13.2 Å². The topological polar surface area (TPSA) is 106 Å². The molecule has 1 fully saturated rings. The number of carbonyl (C=O) groups excluding carboxylic acids is 1. The number of nitrogen functional groups attached to an aromatic ring is 1. The summed E-state index contributed by atoms with van der Waals surface area (Å²) in [6, 6.07) is 3.17. The Kier molecular flexibility index (Phi) is 5.60. The minimum atomic E-state index is -3.71. The molecule has 10 heteroatoms. The van der Waals surface area contributed by atoms with Crippen molar-refractivity contribution in [3.63, 3.8) is 0 Å². The largest absolute Gasteiger partial charge is 0.382 e. The predicted octanol–water partition coefficient (Wildman–Crippen LogP) is 2.06. The van der Waals surface area contributed by atoms with Gasteiger partial charge in [-0.25, -0.2) is 18.4 Å². The smallest absolute Gasteiger partial charge is 0.233 e. The van der Waals surface area contributed by atoms with Gasteiger partial charge >= 0.3 is 0 Å². The molecule has 0 bridgehead atoms. The zero-order valence-corrected chi connectivity index (χ0v) is 15.9. The third-order valence-electron chi connectivity index (χ3n) is 3.84. The Hall–Kier alpha value is -1.65. The van der Waals surface area contributed by atoms with Crippen LogP contribution in [-0.4, -0.2) is 48.0 Å². The second-order valence-corrected chi connectivity index (χ2v) is 9.60. The number of likely N-dealkylation sites (tertiary alicyclic amines) is 1. The Balaban J connectivity index is 1.69. The molecule has 1 aliphatic rings. The number of nitrogens with two attached hydrogens (primary N) is 1. The van der Waals surface area contributed by atoms with Crippen molar-refractivity contribution in [2.24, 2.45) is 0 Å². The van der Waals surface area contributed by atoms with Crippen LogP contribution in [-0.2, 0) is 14.6 Å². The van der Waals surface area contributed by atoms with Crippen molar-refractivity contribution in [3.05, 3.63) is 23.7 Å². The van der Waals surface area contributed by atoms with Gasteiger partial charge in [-0.1, -0.05) is 17.8 Å². The fourth-order valence-electron chi connectivity index (χ4n) is 2.53. The summed E-state index contributed by atoms with van der Waals surface area (Å²) >= 11 is 2.28. The van der Waals surface area contributed by atoms with Gasteiger partial charge in [0, 0.05) is 13.1 Å². The van der Waals surface area contributed by atoms with Crippen molar-refractivity contribution in [1.82, 2.24) is 14.9 Å². The number of hydrogen-bond acceptors (Lipinski definition) is 8. The molecule has 0 saturated carbocycles. The van der Waals surface area contributed by atoms with Gasteiger partial charge in [0.05, 0.1) is 11.9 Å². The molecule has 134 valence electrons. The summed E-state index contributed by atoms with van der Waals surface area (Å²) in [5.41, 5.74) is 5.83. The molecule has 2 N–H and O–H groups in total. The second kappa shape index (κ2) is 7.71. The van der Waals surface area contributed by atoms with E-state index in [1.807, 2.05) is 4.90 Å². The Morgan fingerprint density at radius 3 is 2.72 bits per heavy atom. The molecule has 0 atom stereocenters. The van der Waals surface area contributed by atoms with Gasteiger partial charge in [0.25, 0.3) is 0 Å². The van der Waals surface area contributed by atoms with Crippen LogP contribution in [0.4, 0.5) is 5.82 Å². The van der Waals surface area contributed by atoms with Crippen LogP contribution < -0.4 is 5.73 Å². The molecular weight excluding hydrogens is 380 g/mol. The summed E-state index contributed by atoms with van der Waals surface area (Å²) in [7, 11) is -3.71. The molecule has 3 heterocycles. The highest BCUT2D eigenvalue weighted by Gasteiger charge is 2.24. The molecule has 1 amide bonds. The monoisotopic (exact) mass is 398 g/mol. The van der Waals surface area contributed by atoms with E-state index < -0.39 is 9.84 Å². The van der Waals surface area contributed by atoms with E-state index in [1.165, 1.54) is 24.0 Å². The summed E-state index contributed by atoms with van der Waals surface area (Å²) in [5, 5.41) is 1.98. The molecule has 0 radical (unpaired) electrons. The SMILES string of the molecule is Nc1nc(SCC(=O)N2CCCCC2)ncc1S(=O)(=O)c1cccs1. The normalized spacial score (nSPS) is 15.3. The second-order valence-electron chi connectivity index (χ2n) is 5.57. The van der Waals surface area contributed by atoms with E-state index in [1.54, 1.807) is 11.4 Å². The van der Waals surface area contributed by atoms with E-state index >= 15 is 0 Å². The standard InChI is InChI=1S/C15H18N4O3S3/c16-14-11(25(21,22)13-5-4-8-23-13)9-17-15(18-14)24-10-12(20)19-6-2-1-3-7-19/h4-5,8-9H,1-3,6-7,10H2,(H2,16,17,18). The minimum absolute atomic E-state index is 0.0437. The molecule has 1 aliphatic heterocycles. The van der Waals surface area contributed by atoms with Crippen molar-refractivity contribution in [2.75, 3.05) is 24.6 Å². The molecule has 0 spiro atoms. The quantitative estimate of drug-likeness (QED) is 0.607. The first-order valence-corrected chi connectivity index (χ1v) is 11.1. The molecule has 3 rings (SSSR count). The lowest BCUT2D eigenvalue weighted by Gasteiger charge is -2.26. The van der Waals surface area contributed by atoms with Crippen LogP contribution in [0.25, 0.3) is 0 Å². The zero-order chi connectivity index (χ0) is 17.9. The van der Waals surface area contributed by atoms with Crippen molar-refractivity contribution in [1.29, 1.82) is 0 Å². The fraction of sp³-hybridized carbons (Fsp3) is 0.400. The van der Waals surface area contributed by atoms with Crippen molar-refractivity contribution in [2.45, 2.75) is 33.5 Å². The Labute approximate surface area is 154 Å². The van der Waals surface area contributed by atoms with E-state index in [9.17, 15) is 13.2 Å². The summed E-state index contributed by atoms with van der Waals surface area (Å²) in [4.78, 5) is 22.0. The number of anilines is 1. The lowest BCUT2D eigenvalue weighted by atomic mass is 10.1. The van der Waals surface area contributed by atoms with Crippen LogP contribution in [0.2, 0.25) is 0 Å². The molecule has 1 saturated heterocycles. The first-order valence-electron chi connectivity index (χ1n) is 7.80. The van der Waals surface area contributed by atoms with E-state index in [4.69, 9.17) is 5.73 Å². The molecule has 2 aromatic rings. The third kappa shape index (κ3) is 4.13. The lowest BCUT2D eigenvalue weighted by molar-refractivity contribution is -0.129. The average Bonchev–Trinajstić information content (AvgIpc) is 3.16. The van der Waals surface area contributed by atoms with Gasteiger partial charge in [-0.2, -0.15) is 0 Å². The Morgan fingerprint density at radius 2 is 2.08 bits per heavy atom. The Morgan fingerprint density at radius 1 is 1.32 bits per heavy atom. The predicted molar refractivity (Wildman–Crippen MR) is 97.4 cm³/mol. The maximum Gasteiger partial charge on any atom is 0.233 e. The molecule has 0 aromatic carbocycles. The van der Waals surface area contributed by atoms with Crippen molar-refractivity contribution in [3.8, 4) is 0 Å². The van der Waals surface area contributed by atoms with Crippen LogP contribution in [0.15, 0.2) is 38.0 Å². The summed E-state index contributed by atoms with van der Waals surface area (Å²) in [6.45, 7) is 1.58. The van der Waals surface area contributed by atoms with Gasteiger partial charge in [0.1, 0.15) is 14.9 Å². The lowest BCUT2D eigenvalue weighted by Crippen LogP contribution is -2.36. The van der Waals surface area contributed by atoms with Crippen LogP contribution in [0.5, 0.6) is 0 Å². The first kappa shape index (κ1) is 18.2. The zero-order valence-electron chi connectivity index (χ0n) is 13.4. The minimum Gasteiger partial charge on any atom is -0.382 e. The third-order valence-corrected chi connectivity index (χ3v) is 7.86. The average molecular weight is 399 g/mol. The van der Waals surface area contributed by atoms with E-state index in [0.29, 0.717) is 5.16 Å².